The highest BCUT2D eigenvalue weighted by atomic mass is 35.5. The molecule has 0 saturated carbocycles. The Morgan fingerprint density at radius 2 is 2.21 bits per heavy atom. The molecule has 0 radical (unpaired) electrons. The maximum Gasteiger partial charge on any atom is 0.0488 e. The fraction of sp³-hybridized carbons (Fsp3) is 0.333. The van der Waals surface area contributed by atoms with E-state index in [1.165, 1.54) is 6.42 Å². The molecule has 0 atom stereocenters. The maximum atomic E-state index is 5.77. The Bertz CT molecular complexity index is 360. The van der Waals surface area contributed by atoms with Gasteiger partial charge in [-0.05, 0) is 24.6 Å². The third-order valence-corrected chi connectivity index (χ3v) is 2.13. The molecule has 1 nitrogen and oxygen atoms in total. The van der Waals surface area contributed by atoms with E-state index in [0.29, 0.717) is 10.7 Å². The van der Waals surface area contributed by atoms with Gasteiger partial charge in [-0.25, -0.2) is 0 Å². The van der Waals surface area contributed by atoms with Crippen molar-refractivity contribution in [3.8, 4) is 11.8 Å². The first-order valence-electron chi connectivity index (χ1n) is 4.78. The smallest absolute Gasteiger partial charge is 0.0488 e. The van der Waals surface area contributed by atoms with Crippen molar-refractivity contribution in [3.63, 3.8) is 0 Å². The van der Waals surface area contributed by atoms with Crippen molar-refractivity contribution in [1.82, 2.24) is 0 Å². The Hall–Kier alpha value is -1.13. The summed E-state index contributed by atoms with van der Waals surface area (Å²) in [4.78, 5) is 0. The lowest BCUT2D eigenvalue weighted by Gasteiger charge is -1.97. The highest BCUT2D eigenvalue weighted by molar-refractivity contribution is 6.30. The first-order chi connectivity index (χ1) is 6.74. The summed E-state index contributed by atoms with van der Waals surface area (Å²) in [5.41, 5.74) is 7.27. The highest BCUT2D eigenvalue weighted by Crippen LogP contribution is 2.16. The molecule has 0 aromatic heterocycles. The van der Waals surface area contributed by atoms with Crippen molar-refractivity contribution >= 4 is 17.3 Å². The van der Waals surface area contributed by atoms with Crippen LogP contribution in [0.2, 0.25) is 5.02 Å². The number of anilines is 1. The quantitative estimate of drug-likeness (QED) is 0.449. The van der Waals surface area contributed by atoms with Gasteiger partial charge >= 0.3 is 0 Å². The number of hydrogen-bond acceptors (Lipinski definition) is 1. The van der Waals surface area contributed by atoms with Crippen LogP contribution in [0.5, 0.6) is 0 Å². The second kappa shape index (κ2) is 5.57. The minimum absolute atomic E-state index is 0.654. The van der Waals surface area contributed by atoms with Gasteiger partial charge in [-0.2, -0.15) is 0 Å². The van der Waals surface area contributed by atoms with Crippen molar-refractivity contribution in [2.24, 2.45) is 0 Å². The molecule has 0 saturated heterocycles. The molecule has 2 heteroatoms. The van der Waals surface area contributed by atoms with E-state index < -0.39 is 0 Å². The van der Waals surface area contributed by atoms with Crippen molar-refractivity contribution in [1.29, 1.82) is 0 Å². The number of nitrogen functional groups attached to an aromatic ring is 1. The normalized spacial score (nSPS) is 9.29. The van der Waals surface area contributed by atoms with Gasteiger partial charge in [0.15, 0.2) is 0 Å². The standard InChI is InChI=1S/C12H14ClN/c1-2-3-4-5-6-10-7-8-11(13)9-12(10)14/h7-9H,2-4,14H2,1H3. The number of benzene rings is 1. The van der Waals surface area contributed by atoms with Gasteiger partial charge in [-0.1, -0.05) is 36.8 Å². The fourth-order valence-electron chi connectivity index (χ4n) is 1.07. The summed E-state index contributed by atoms with van der Waals surface area (Å²) in [6.45, 7) is 2.15. The van der Waals surface area contributed by atoms with Crippen LogP contribution in [-0.4, -0.2) is 0 Å². The molecule has 0 amide bonds. The van der Waals surface area contributed by atoms with Crippen LogP contribution in [0.25, 0.3) is 0 Å². The summed E-state index contributed by atoms with van der Waals surface area (Å²) in [5.74, 6) is 6.13. The average molecular weight is 208 g/mol. The Labute approximate surface area is 90.3 Å². The van der Waals surface area contributed by atoms with Gasteiger partial charge in [0.1, 0.15) is 0 Å². The molecule has 2 N–H and O–H groups in total. The molecule has 0 spiro atoms. The predicted octanol–water partition coefficient (Wildman–Crippen LogP) is 3.46. The van der Waals surface area contributed by atoms with E-state index in [0.717, 1.165) is 18.4 Å². The van der Waals surface area contributed by atoms with Crippen molar-refractivity contribution < 1.29 is 0 Å². The van der Waals surface area contributed by atoms with E-state index in [2.05, 4.69) is 18.8 Å². The lowest BCUT2D eigenvalue weighted by molar-refractivity contribution is 0.828. The molecule has 1 rings (SSSR count). The van der Waals surface area contributed by atoms with Crippen molar-refractivity contribution in [2.75, 3.05) is 5.73 Å². The second-order valence-electron chi connectivity index (χ2n) is 3.14. The first-order valence-corrected chi connectivity index (χ1v) is 5.15. The number of rotatable bonds is 2. The first kappa shape index (κ1) is 10.9. The van der Waals surface area contributed by atoms with E-state index in [1.54, 1.807) is 6.07 Å². The molecule has 0 aliphatic heterocycles. The third kappa shape index (κ3) is 3.32. The van der Waals surface area contributed by atoms with E-state index >= 15 is 0 Å². The maximum absolute atomic E-state index is 5.77. The van der Waals surface area contributed by atoms with Gasteiger partial charge < -0.3 is 5.73 Å². The van der Waals surface area contributed by atoms with E-state index in [9.17, 15) is 0 Å². The SMILES string of the molecule is CCCCC#Cc1ccc(Cl)cc1N. The summed E-state index contributed by atoms with van der Waals surface area (Å²) in [5, 5.41) is 0.654. The largest absolute Gasteiger partial charge is 0.398 e. The van der Waals surface area contributed by atoms with Gasteiger partial charge in [0.2, 0.25) is 0 Å². The summed E-state index contributed by atoms with van der Waals surface area (Å²) in [6.07, 6.45) is 3.24. The van der Waals surface area contributed by atoms with E-state index in [-0.39, 0.29) is 0 Å². The molecule has 1 aromatic rings. The van der Waals surface area contributed by atoms with Gasteiger partial charge in [0.05, 0.1) is 0 Å². The van der Waals surface area contributed by atoms with Crippen LogP contribution in [0.3, 0.4) is 0 Å². The zero-order valence-electron chi connectivity index (χ0n) is 8.31. The molecule has 1 aromatic carbocycles. The summed E-state index contributed by atoms with van der Waals surface area (Å²) in [7, 11) is 0. The van der Waals surface area contributed by atoms with Crippen LogP contribution in [-0.2, 0) is 0 Å². The van der Waals surface area contributed by atoms with Crippen LogP contribution in [0.15, 0.2) is 18.2 Å². The Kier molecular flexibility index (Phi) is 4.35. The van der Waals surface area contributed by atoms with Crippen LogP contribution in [0.4, 0.5) is 5.69 Å². The van der Waals surface area contributed by atoms with Gasteiger partial charge in [-0.15, -0.1) is 0 Å². The molecule has 14 heavy (non-hydrogen) atoms. The highest BCUT2D eigenvalue weighted by Gasteiger charge is 1.95. The zero-order chi connectivity index (χ0) is 10.4. The lowest BCUT2D eigenvalue weighted by Crippen LogP contribution is -1.89. The van der Waals surface area contributed by atoms with Crippen LogP contribution < -0.4 is 5.73 Å². The molecule has 0 bridgehead atoms. The van der Waals surface area contributed by atoms with Gasteiger partial charge in [-0.3, -0.25) is 0 Å². The Morgan fingerprint density at radius 3 is 2.86 bits per heavy atom. The Morgan fingerprint density at radius 1 is 1.43 bits per heavy atom. The molecule has 0 aliphatic rings. The van der Waals surface area contributed by atoms with Crippen molar-refractivity contribution in [3.05, 3.63) is 28.8 Å². The second-order valence-corrected chi connectivity index (χ2v) is 3.57. The van der Waals surface area contributed by atoms with Gasteiger partial charge in [0.25, 0.3) is 0 Å². The lowest BCUT2D eigenvalue weighted by atomic mass is 10.1. The monoisotopic (exact) mass is 207 g/mol. The van der Waals surface area contributed by atoms with E-state index in [4.69, 9.17) is 17.3 Å². The molecule has 0 fully saturated rings. The van der Waals surface area contributed by atoms with Gasteiger partial charge in [0, 0.05) is 22.7 Å². The molecule has 74 valence electrons. The predicted molar refractivity (Wildman–Crippen MR) is 62.3 cm³/mol. The number of unbranched alkanes of at least 4 members (excludes halogenated alkanes) is 2. The number of halogens is 1. The van der Waals surface area contributed by atoms with Crippen LogP contribution in [0, 0.1) is 11.8 Å². The average Bonchev–Trinajstić information content (AvgIpc) is 2.15. The van der Waals surface area contributed by atoms with Crippen molar-refractivity contribution in [2.45, 2.75) is 26.2 Å². The number of hydrogen-bond donors (Lipinski definition) is 1. The summed E-state index contributed by atoms with van der Waals surface area (Å²) < 4.78 is 0. The summed E-state index contributed by atoms with van der Waals surface area (Å²) in [6, 6.07) is 5.39. The fourth-order valence-corrected chi connectivity index (χ4v) is 1.25. The molecular weight excluding hydrogens is 194 g/mol. The topological polar surface area (TPSA) is 26.0 Å². The summed E-state index contributed by atoms with van der Waals surface area (Å²) >= 11 is 5.77. The zero-order valence-corrected chi connectivity index (χ0v) is 9.06. The molecular formula is C12H14ClN. The van der Waals surface area contributed by atoms with E-state index in [1.807, 2.05) is 12.1 Å². The minimum Gasteiger partial charge on any atom is -0.398 e. The Balaban J connectivity index is 2.70. The molecule has 0 unspecified atom stereocenters. The minimum atomic E-state index is 0.654. The number of nitrogens with two attached hydrogens (primary N) is 1. The van der Waals surface area contributed by atoms with Crippen LogP contribution in [0.1, 0.15) is 31.7 Å². The van der Waals surface area contributed by atoms with Crippen LogP contribution >= 0.6 is 11.6 Å². The third-order valence-electron chi connectivity index (χ3n) is 1.89. The molecule has 0 heterocycles. The molecule has 0 aliphatic carbocycles.